The van der Waals surface area contributed by atoms with Crippen LogP contribution in [-0.2, 0) is 38.8 Å². The second-order valence-electron chi connectivity index (χ2n) is 10.1. The lowest BCUT2D eigenvalue weighted by Crippen LogP contribution is -2.54. The highest BCUT2D eigenvalue weighted by Gasteiger charge is 2.35. The van der Waals surface area contributed by atoms with Crippen molar-refractivity contribution < 1.29 is 31.2 Å². The van der Waals surface area contributed by atoms with Gasteiger partial charge in [-0.1, -0.05) is 60.7 Å². The number of aryl methyl sites for hydroxylation is 1. The van der Waals surface area contributed by atoms with Crippen LogP contribution in [0.3, 0.4) is 0 Å². The van der Waals surface area contributed by atoms with Crippen molar-refractivity contribution in [3.8, 4) is 0 Å². The molecule has 0 aromatic heterocycles. The third-order valence-electron chi connectivity index (χ3n) is 6.44. The first-order valence-electron chi connectivity index (χ1n) is 13.0. The van der Waals surface area contributed by atoms with Crippen molar-refractivity contribution in [3.05, 3.63) is 101 Å². The van der Waals surface area contributed by atoms with Crippen molar-refractivity contribution in [3.63, 3.8) is 0 Å². The lowest BCUT2D eigenvalue weighted by atomic mass is 10.0. The summed E-state index contributed by atoms with van der Waals surface area (Å²) in [6, 6.07) is 18.9. The van der Waals surface area contributed by atoms with Gasteiger partial charge in [-0.15, -0.1) is 0 Å². The van der Waals surface area contributed by atoms with Gasteiger partial charge in [0.25, 0.3) is 0 Å². The normalized spacial score (nSPS) is 12.6. The SMILES string of the molecule is Cc1ccccc1CN(C(=O)CN(c1cccc(C(F)(F)F)c1)S(C)(=O)=O)[C@H](Cc1ccccc1)C(=O)NC(C)C. The van der Waals surface area contributed by atoms with E-state index in [2.05, 4.69) is 5.32 Å². The Morgan fingerprint density at radius 3 is 2.15 bits per heavy atom. The van der Waals surface area contributed by atoms with Crippen LogP contribution in [0.25, 0.3) is 0 Å². The van der Waals surface area contributed by atoms with E-state index in [0.717, 1.165) is 35.1 Å². The minimum atomic E-state index is -4.71. The number of anilines is 1. The summed E-state index contributed by atoms with van der Waals surface area (Å²) in [5.74, 6) is -1.17. The van der Waals surface area contributed by atoms with E-state index < -0.39 is 46.2 Å². The molecule has 0 unspecified atom stereocenters. The van der Waals surface area contributed by atoms with Crippen molar-refractivity contribution in [2.45, 2.75) is 52.0 Å². The molecular weight excluding hydrogens is 555 g/mol. The highest BCUT2D eigenvalue weighted by Crippen LogP contribution is 2.32. The van der Waals surface area contributed by atoms with Gasteiger partial charge >= 0.3 is 6.18 Å². The Hall–Kier alpha value is -3.86. The van der Waals surface area contributed by atoms with Crippen molar-refractivity contribution in [2.75, 3.05) is 17.1 Å². The number of sulfonamides is 1. The third-order valence-corrected chi connectivity index (χ3v) is 7.59. The number of rotatable bonds is 11. The van der Waals surface area contributed by atoms with E-state index in [-0.39, 0.29) is 24.7 Å². The molecule has 11 heteroatoms. The minimum absolute atomic E-state index is 0.0191. The molecule has 0 aliphatic heterocycles. The average molecular weight is 590 g/mol. The molecule has 3 aromatic carbocycles. The maximum atomic E-state index is 14.0. The molecule has 2 amide bonds. The first kappa shape index (κ1) is 31.7. The summed E-state index contributed by atoms with van der Waals surface area (Å²) in [5.41, 5.74) is 1.01. The van der Waals surface area contributed by atoms with Crippen LogP contribution >= 0.6 is 0 Å². The zero-order valence-electron chi connectivity index (χ0n) is 23.4. The number of hydrogen-bond donors (Lipinski definition) is 1. The number of halogens is 3. The standard InChI is InChI=1S/C30H34F3N3O4S/c1-21(2)34-29(38)27(17-23-12-6-5-7-13-23)35(19-24-14-9-8-11-22(24)3)28(37)20-36(41(4,39)40)26-16-10-15-25(18-26)30(31,32)33/h5-16,18,21,27H,17,19-20H2,1-4H3,(H,34,38)/t27-/m1/s1. The predicted octanol–water partition coefficient (Wildman–Crippen LogP) is 4.94. The van der Waals surface area contributed by atoms with Crippen molar-refractivity contribution in [2.24, 2.45) is 0 Å². The molecule has 3 rings (SSSR count). The quantitative estimate of drug-likeness (QED) is 0.343. The molecule has 41 heavy (non-hydrogen) atoms. The van der Waals surface area contributed by atoms with Crippen LogP contribution < -0.4 is 9.62 Å². The lowest BCUT2D eigenvalue weighted by Gasteiger charge is -2.34. The summed E-state index contributed by atoms with van der Waals surface area (Å²) in [5, 5.41) is 2.85. The zero-order chi connectivity index (χ0) is 30.4. The van der Waals surface area contributed by atoms with Crippen LogP contribution in [0.2, 0.25) is 0 Å². The van der Waals surface area contributed by atoms with E-state index in [1.54, 1.807) is 38.1 Å². The monoisotopic (exact) mass is 589 g/mol. The second-order valence-corrected chi connectivity index (χ2v) is 12.0. The first-order chi connectivity index (χ1) is 19.2. The molecule has 0 heterocycles. The summed E-state index contributed by atoms with van der Waals surface area (Å²) in [4.78, 5) is 28.8. The zero-order valence-corrected chi connectivity index (χ0v) is 24.2. The molecule has 7 nitrogen and oxygen atoms in total. The summed E-state index contributed by atoms with van der Waals surface area (Å²) >= 11 is 0. The molecule has 1 atom stereocenters. The summed E-state index contributed by atoms with van der Waals surface area (Å²) < 4.78 is 66.5. The number of hydrogen-bond acceptors (Lipinski definition) is 4. The highest BCUT2D eigenvalue weighted by molar-refractivity contribution is 7.92. The van der Waals surface area contributed by atoms with Crippen molar-refractivity contribution >= 4 is 27.5 Å². The number of carbonyl (C=O) groups excluding carboxylic acids is 2. The van der Waals surface area contributed by atoms with Crippen molar-refractivity contribution in [1.29, 1.82) is 0 Å². The number of alkyl halides is 3. The third kappa shape index (κ3) is 8.81. The lowest BCUT2D eigenvalue weighted by molar-refractivity contribution is -0.140. The van der Waals surface area contributed by atoms with Gasteiger partial charge in [0.05, 0.1) is 17.5 Å². The molecule has 0 bridgehead atoms. The van der Waals surface area contributed by atoms with Gasteiger partial charge in [0.15, 0.2) is 0 Å². The Balaban J connectivity index is 2.09. The Morgan fingerprint density at radius 1 is 0.927 bits per heavy atom. The largest absolute Gasteiger partial charge is 0.416 e. The summed E-state index contributed by atoms with van der Waals surface area (Å²) in [6.07, 6.45) is -3.76. The fourth-order valence-corrected chi connectivity index (χ4v) is 5.20. The molecule has 3 aromatic rings. The maximum Gasteiger partial charge on any atom is 0.416 e. The van der Waals surface area contributed by atoms with Crippen LogP contribution in [0.5, 0.6) is 0 Å². The highest BCUT2D eigenvalue weighted by atomic mass is 32.2. The molecule has 0 saturated carbocycles. The van der Waals surface area contributed by atoms with Crippen LogP contribution in [0.1, 0.15) is 36.1 Å². The van der Waals surface area contributed by atoms with E-state index in [9.17, 15) is 31.2 Å². The Bertz CT molecular complexity index is 1460. The molecular formula is C30H34F3N3O4S. The van der Waals surface area contributed by atoms with Gasteiger partial charge in [-0.3, -0.25) is 13.9 Å². The van der Waals surface area contributed by atoms with Gasteiger partial charge in [-0.2, -0.15) is 13.2 Å². The maximum absolute atomic E-state index is 14.0. The molecule has 0 radical (unpaired) electrons. The minimum Gasteiger partial charge on any atom is -0.352 e. The number of nitrogens with zero attached hydrogens (tertiary/aromatic N) is 2. The average Bonchev–Trinajstić information content (AvgIpc) is 2.89. The van der Waals surface area contributed by atoms with Gasteiger partial charge in [0, 0.05) is 19.0 Å². The van der Waals surface area contributed by atoms with E-state index >= 15 is 0 Å². The molecule has 0 aliphatic rings. The smallest absolute Gasteiger partial charge is 0.352 e. The van der Waals surface area contributed by atoms with Gasteiger partial charge in [-0.25, -0.2) is 8.42 Å². The van der Waals surface area contributed by atoms with Crippen LogP contribution in [0.15, 0.2) is 78.9 Å². The van der Waals surface area contributed by atoms with Crippen molar-refractivity contribution in [1.82, 2.24) is 10.2 Å². The Labute approximate surface area is 239 Å². The van der Waals surface area contributed by atoms with E-state index in [1.807, 2.05) is 37.3 Å². The van der Waals surface area contributed by atoms with Gasteiger partial charge < -0.3 is 10.2 Å². The molecule has 220 valence electrons. The second kappa shape index (κ2) is 13.2. The summed E-state index contributed by atoms with van der Waals surface area (Å²) in [6.45, 7) is 4.60. The van der Waals surface area contributed by atoms with Gasteiger partial charge in [-0.05, 0) is 55.7 Å². The molecule has 0 saturated heterocycles. The van der Waals surface area contributed by atoms with Crippen LogP contribution in [0.4, 0.5) is 18.9 Å². The number of carbonyl (C=O) groups is 2. The predicted molar refractivity (Wildman–Crippen MR) is 153 cm³/mol. The first-order valence-corrected chi connectivity index (χ1v) is 14.8. The molecule has 0 fully saturated rings. The van der Waals surface area contributed by atoms with Gasteiger partial charge in [0.2, 0.25) is 21.8 Å². The fourth-order valence-electron chi connectivity index (χ4n) is 4.36. The van der Waals surface area contributed by atoms with E-state index in [1.165, 1.54) is 11.0 Å². The van der Waals surface area contributed by atoms with Crippen LogP contribution in [-0.4, -0.2) is 50.0 Å². The molecule has 1 N–H and O–H groups in total. The molecule has 0 spiro atoms. The number of benzene rings is 3. The van der Waals surface area contributed by atoms with E-state index in [0.29, 0.717) is 10.4 Å². The van der Waals surface area contributed by atoms with Crippen LogP contribution in [0, 0.1) is 6.92 Å². The Kier molecular flexibility index (Phi) is 10.2. The number of amides is 2. The fraction of sp³-hybridized carbons (Fsp3) is 0.333. The van der Waals surface area contributed by atoms with Gasteiger partial charge in [0.1, 0.15) is 12.6 Å². The summed E-state index contributed by atoms with van der Waals surface area (Å²) in [7, 11) is -4.20. The van der Waals surface area contributed by atoms with E-state index in [4.69, 9.17) is 0 Å². The topological polar surface area (TPSA) is 86.8 Å². The molecule has 0 aliphatic carbocycles. The number of nitrogens with one attached hydrogen (secondary N) is 1. The Morgan fingerprint density at radius 2 is 1.56 bits per heavy atom.